The topological polar surface area (TPSA) is 54.0 Å². The van der Waals surface area contributed by atoms with Crippen LogP contribution >= 0.6 is 20.4 Å². The van der Waals surface area contributed by atoms with Gasteiger partial charge in [0.15, 0.2) is 0 Å². The fourth-order valence-electron chi connectivity index (χ4n) is 6.92. The summed E-state index contributed by atoms with van der Waals surface area (Å²) in [5.74, 6) is 0. The van der Waals surface area contributed by atoms with E-state index in [-0.39, 0.29) is 0 Å². The molecule has 0 amide bonds. The molecule has 0 N–H and O–H groups in total. The van der Waals surface area contributed by atoms with Gasteiger partial charge in [0.25, 0.3) is 0 Å². The molecule has 0 radical (unpaired) electrons. The Morgan fingerprint density at radius 1 is 0.429 bits per heavy atom. The van der Waals surface area contributed by atoms with E-state index in [1.54, 1.807) is 0 Å². The van der Waals surface area contributed by atoms with Crippen molar-refractivity contribution in [3.63, 3.8) is 0 Å². The predicted molar refractivity (Wildman–Crippen MR) is 185 cm³/mol. The Bertz CT molecular complexity index is 1450. The minimum absolute atomic E-state index is 0.950. The first-order valence-corrected chi connectivity index (χ1v) is 19.1. The van der Waals surface area contributed by atoms with E-state index in [9.17, 15) is 0 Å². The molecule has 3 aromatic rings. The number of nitrogens with zero attached hydrogens (tertiary/aromatic N) is 4. The molecular formula is C36H44CoIN4. The molecule has 42 heavy (non-hydrogen) atoms. The third kappa shape index (κ3) is 5.83. The Hall–Kier alpha value is -2.16. The van der Waals surface area contributed by atoms with Gasteiger partial charge in [0.05, 0.1) is 22.8 Å². The molecule has 0 spiro atoms. The standard InChI is InChI=1S/C36H44N4.Co.HI/c1-9-21-22(10-2)30-18-32-25(13-5)26(14-6)34(39-32)20-36-28(16-8)27(15-7)35(40-36)19-33-24(12-4)23(11-3)31(38-33)17-29(21)37-30;;/h17-20H,9-16H2,1-8H3;;1H/q-2;+3;/p-1. The zero-order valence-corrected chi connectivity index (χ0v) is 29.7. The fraction of sp³-hybridized carbons (Fsp3) is 0.444. The van der Waals surface area contributed by atoms with Gasteiger partial charge in [-0.2, -0.15) is 0 Å². The summed E-state index contributed by atoms with van der Waals surface area (Å²) in [4.78, 5) is 21.0. The molecule has 0 aromatic carbocycles. The van der Waals surface area contributed by atoms with Gasteiger partial charge in [-0.25, -0.2) is 9.97 Å². The summed E-state index contributed by atoms with van der Waals surface area (Å²) in [6.07, 6.45) is 7.60. The molecule has 0 fully saturated rings. The molecular weight excluding hydrogens is 674 g/mol. The number of fused-ring (bicyclic) bond motifs is 8. The summed E-state index contributed by atoms with van der Waals surface area (Å²) < 4.78 is 0. The number of halogens is 1. The molecule has 3 aromatic heterocycles. The molecule has 0 aliphatic carbocycles. The van der Waals surface area contributed by atoms with Crippen LogP contribution in [0.3, 0.4) is 0 Å². The third-order valence-corrected chi connectivity index (χ3v) is 8.82. The predicted octanol–water partition coefficient (Wildman–Crippen LogP) is 10.2. The van der Waals surface area contributed by atoms with Crippen LogP contribution in [-0.2, 0) is 38.2 Å². The summed E-state index contributed by atoms with van der Waals surface area (Å²) >= 11 is 5.37. The van der Waals surface area contributed by atoms with Crippen molar-refractivity contribution < 1.29 is 12.5 Å². The molecule has 6 heteroatoms. The maximum atomic E-state index is 5.25. The summed E-state index contributed by atoms with van der Waals surface area (Å²) in [6.45, 7) is 17.9. The second-order valence-corrected chi connectivity index (χ2v) is 10.8. The van der Waals surface area contributed by atoms with E-state index in [0.29, 0.717) is 0 Å². The van der Waals surface area contributed by atoms with Gasteiger partial charge >= 0.3 is 32.9 Å². The van der Waals surface area contributed by atoms with E-state index in [2.05, 4.69) is 92.2 Å². The number of allylic oxidation sites excluding steroid dienone is 4. The van der Waals surface area contributed by atoms with Crippen molar-refractivity contribution in [3.8, 4) is 0 Å². The fourth-order valence-corrected chi connectivity index (χ4v) is 6.92. The molecule has 224 valence electrons. The zero-order valence-electron chi connectivity index (χ0n) is 26.5. The van der Waals surface area contributed by atoms with Crippen molar-refractivity contribution in [2.75, 3.05) is 0 Å². The van der Waals surface area contributed by atoms with Crippen LogP contribution < -0.4 is 9.97 Å². The molecule has 2 aliphatic heterocycles. The van der Waals surface area contributed by atoms with E-state index in [1.165, 1.54) is 44.5 Å². The zero-order chi connectivity index (χ0) is 30.6. The van der Waals surface area contributed by atoms with Gasteiger partial charge in [-0.3, -0.25) is 0 Å². The molecule has 0 atom stereocenters. The molecule has 0 saturated carbocycles. The summed E-state index contributed by atoms with van der Waals surface area (Å²) in [7, 11) is 0. The summed E-state index contributed by atoms with van der Waals surface area (Å²) in [5, 5.41) is 0. The van der Waals surface area contributed by atoms with Crippen LogP contribution in [0.4, 0.5) is 0 Å². The number of hydrogen-bond acceptors (Lipinski definition) is 2. The molecule has 5 rings (SSSR count). The SMILES string of the molecule is CCC1=C(CC)c2cc3[n-]c(cc4nc(cc5[n-]c(cc1n2)c(CC)c5CC)C(CC)=C4CC)c(CC)c3CC.[Co+2][I]. The van der Waals surface area contributed by atoms with Gasteiger partial charge in [0.1, 0.15) is 0 Å². The van der Waals surface area contributed by atoms with Gasteiger partial charge in [0, 0.05) is 0 Å². The number of hydrogen-bond donors (Lipinski definition) is 0. The number of rotatable bonds is 8. The van der Waals surface area contributed by atoms with Crippen LogP contribution in [0.1, 0.15) is 126 Å². The van der Waals surface area contributed by atoms with Crippen LogP contribution in [0.15, 0.2) is 24.3 Å². The van der Waals surface area contributed by atoms with Crippen molar-refractivity contribution in [1.82, 2.24) is 19.9 Å². The van der Waals surface area contributed by atoms with Gasteiger partial charge < -0.3 is 9.97 Å². The van der Waals surface area contributed by atoms with E-state index in [1.807, 2.05) is 20.4 Å². The first kappa shape index (κ1) is 32.7. The van der Waals surface area contributed by atoms with E-state index in [0.717, 1.165) is 96.2 Å². The van der Waals surface area contributed by atoms with E-state index < -0.39 is 0 Å². The van der Waals surface area contributed by atoms with Gasteiger partial charge in [0.2, 0.25) is 0 Å². The van der Waals surface area contributed by atoms with Crippen molar-refractivity contribution in [1.29, 1.82) is 0 Å². The monoisotopic (exact) mass is 718 g/mol. The Labute approximate surface area is 271 Å². The van der Waals surface area contributed by atoms with Gasteiger partial charge in [-0.1, -0.05) is 102 Å². The molecule has 2 aliphatic rings. The van der Waals surface area contributed by atoms with Crippen molar-refractivity contribution >= 4 is 64.8 Å². The minimum atomic E-state index is 0.950. The molecule has 5 heterocycles. The Morgan fingerprint density at radius 2 is 0.643 bits per heavy atom. The van der Waals surface area contributed by atoms with Gasteiger partial charge in [-0.05, 0) is 73.7 Å². The Kier molecular flexibility index (Phi) is 11.3. The second kappa shape index (κ2) is 14.5. The number of aryl methyl sites for hydroxylation is 4. The maximum absolute atomic E-state index is 5.25. The van der Waals surface area contributed by atoms with Crippen LogP contribution in [0.25, 0.3) is 44.4 Å². The van der Waals surface area contributed by atoms with Crippen molar-refractivity contribution in [3.05, 3.63) is 69.3 Å². The van der Waals surface area contributed by atoms with Crippen LogP contribution in [-0.4, -0.2) is 9.97 Å². The van der Waals surface area contributed by atoms with Gasteiger partial charge in [-0.15, -0.1) is 22.1 Å². The first-order valence-electron chi connectivity index (χ1n) is 15.7. The van der Waals surface area contributed by atoms with Crippen LogP contribution in [0, 0.1) is 0 Å². The third-order valence-electron chi connectivity index (χ3n) is 8.82. The molecule has 8 bridgehead atoms. The normalized spacial score (nSPS) is 13.1. The quantitative estimate of drug-likeness (QED) is 0.218. The average molecular weight is 719 g/mol. The second-order valence-electron chi connectivity index (χ2n) is 10.8. The van der Waals surface area contributed by atoms with Crippen LogP contribution in [0.2, 0.25) is 0 Å². The summed E-state index contributed by atoms with van der Waals surface area (Å²) in [6, 6.07) is 8.98. The Morgan fingerprint density at radius 3 is 0.810 bits per heavy atom. The molecule has 0 saturated heterocycles. The van der Waals surface area contributed by atoms with Crippen molar-refractivity contribution in [2.45, 2.75) is 107 Å². The van der Waals surface area contributed by atoms with E-state index >= 15 is 0 Å². The average Bonchev–Trinajstić information content (AvgIpc) is 3.73. The van der Waals surface area contributed by atoms with Crippen molar-refractivity contribution in [2.24, 2.45) is 0 Å². The first-order chi connectivity index (χ1) is 20.5. The molecule has 4 nitrogen and oxygen atoms in total. The molecule has 0 unspecified atom stereocenters. The van der Waals surface area contributed by atoms with E-state index in [4.69, 9.17) is 19.9 Å². The Balaban J connectivity index is 0.00000198. The van der Waals surface area contributed by atoms with Crippen LogP contribution in [0.5, 0.6) is 0 Å². The number of aromatic nitrogens is 4. The summed E-state index contributed by atoms with van der Waals surface area (Å²) in [5.41, 5.74) is 19.1.